The van der Waals surface area contributed by atoms with Crippen LogP contribution in [-0.2, 0) is 4.79 Å². The fourth-order valence-electron chi connectivity index (χ4n) is 5.39. The molecule has 2 amide bonds. The second-order valence-corrected chi connectivity index (χ2v) is 10.1. The highest BCUT2D eigenvalue weighted by atomic mass is 32.1. The maximum absolute atomic E-state index is 14.3. The second kappa shape index (κ2) is 10.3. The minimum atomic E-state index is -0.561. The Morgan fingerprint density at radius 2 is 1.57 bits per heavy atom. The normalized spacial score (nSPS) is 19.5. The van der Waals surface area contributed by atoms with Crippen LogP contribution in [0.1, 0.15) is 32.8 Å². The summed E-state index contributed by atoms with van der Waals surface area (Å²) in [6.07, 6.45) is 0. The van der Waals surface area contributed by atoms with Crippen molar-refractivity contribution in [3.63, 3.8) is 0 Å². The van der Waals surface area contributed by atoms with Gasteiger partial charge in [0.05, 0.1) is 39.0 Å². The largest absolute Gasteiger partial charge is 0.495 e. The predicted molar refractivity (Wildman–Crippen MR) is 143 cm³/mol. The molecule has 2 aliphatic rings. The monoisotopic (exact) mass is 521 g/mol. The number of carbonyl (C=O) groups excluding carboxylic acids is 2. The summed E-state index contributed by atoms with van der Waals surface area (Å²) in [7, 11) is 6.54. The van der Waals surface area contributed by atoms with Crippen LogP contribution in [0, 0.1) is 0 Å². The highest BCUT2D eigenvalue weighted by Crippen LogP contribution is 2.47. The maximum atomic E-state index is 14.3. The zero-order chi connectivity index (χ0) is 26.1. The first-order chi connectivity index (χ1) is 18.0. The lowest BCUT2D eigenvalue weighted by Gasteiger charge is -2.43. The SMILES string of the molecule is COc1cc2c(cc1OC)[C@@H](C(=O)N1CCN(c3ccccc3OC)CC1)[C@@H](c1cccs1)N(C)C2=O. The van der Waals surface area contributed by atoms with Crippen LogP contribution in [0.2, 0.25) is 0 Å². The van der Waals surface area contributed by atoms with Crippen molar-refractivity contribution in [1.82, 2.24) is 9.80 Å². The predicted octanol–water partition coefficient (Wildman–Crippen LogP) is 4.03. The number of carbonyl (C=O) groups is 2. The molecule has 0 unspecified atom stereocenters. The highest BCUT2D eigenvalue weighted by Gasteiger charge is 2.45. The first kappa shape index (κ1) is 25.0. The Hall–Kier alpha value is -3.72. The number of ether oxygens (including phenoxy) is 3. The van der Waals surface area contributed by atoms with Gasteiger partial charge in [-0.25, -0.2) is 0 Å². The van der Waals surface area contributed by atoms with E-state index in [1.165, 1.54) is 0 Å². The number of likely N-dealkylation sites (N-methyl/N-ethyl adjacent to an activating group) is 1. The molecule has 5 rings (SSSR count). The average Bonchev–Trinajstić information content (AvgIpc) is 3.48. The van der Waals surface area contributed by atoms with Crippen LogP contribution in [0.25, 0.3) is 0 Å². The molecule has 8 nitrogen and oxygen atoms in total. The number of nitrogens with zero attached hydrogens (tertiary/aromatic N) is 3. The molecule has 3 heterocycles. The van der Waals surface area contributed by atoms with Gasteiger partial charge in [-0.15, -0.1) is 11.3 Å². The molecule has 194 valence electrons. The van der Waals surface area contributed by atoms with E-state index in [9.17, 15) is 9.59 Å². The van der Waals surface area contributed by atoms with Crippen LogP contribution in [-0.4, -0.2) is 76.2 Å². The average molecular weight is 522 g/mol. The Morgan fingerprint density at radius 3 is 2.22 bits per heavy atom. The third kappa shape index (κ3) is 4.37. The molecule has 0 bridgehead atoms. The summed E-state index contributed by atoms with van der Waals surface area (Å²) in [5.41, 5.74) is 2.18. The summed E-state index contributed by atoms with van der Waals surface area (Å²) in [5.74, 6) is 1.10. The van der Waals surface area contributed by atoms with E-state index in [4.69, 9.17) is 14.2 Å². The number of hydrogen-bond acceptors (Lipinski definition) is 7. The van der Waals surface area contributed by atoms with Crippen LogP contribution >= 0.6 is 11.3 Å². The fourth-order valence-corrected chi connectivity index (χ4v) is 6.29. The highest BCUT2D eigenvalue weighted by molar-refractivity contribution is 7.10. The summed E-state index contributed by atoms with van der Waals surface area (Å²) in [6.45, 7) is 2.53. The zero-order valence-corrected chi connectivity index (χ0v) is 22.3. The molecule has 37 heavy (non-hydrogen) atoms. The standard InChI is InChI=1S/C28H31N3O5S/c1-29-26(24-10-7-15-37-24)25(18-16-22(35-3)23(36-4)17-19(18)27(29)32)28(33)31-13-11-30(12-14-31)20-8-5-6-9-21(20)34-2/h5-10,15-17,25-26H,11-14H2,1-4H3/t25-,26-/m1/s1. The van der Waals surface area contributed by atoms with Gasteiger partial charge in [0.2, 0.25) is 5.91 Å². The number of anilines is 1. The van der Waals surface area contributed by atoms with E-state index in [2.05, 4.69) is 4.90 Å². The fraction of sp³-hybridized carbons (Fsp3) is 0.357. The molecule has 0 saturated carbocycles. The number of benzene rings is 2. The molecule has 2 atom stereocenters. The first-order valence-corrected chi connectivity index (χ1v) is 13.1. The van der Waals surface area contributed by atoms with Crippen LogP contribution in [0.5, 0.6) is 17.2 Å². The van der Waals surface area contributed by atoms with Crippen molar-refractivity contribution in [1.29, 1.82) is 0 Å². The third-order valence-electron chi connectivity index (χ3n) is 7.29. The molecule has 1 saturated heterocycles. The summed E-state index contributed by atoms with van der Waals surface area (Å²) >= 11 is 1.55. The zero-order valence-electron chi connectivity index (χ0n) is 21.5. The van der Waals surface area contributed by atoms with Crippen LogP contribution in [0.3, 0.4) is 0 Å². The molecule has 0 aliphatic carbocycles. The summed E-state index contributed by atoms with van der Waals surface area (Å²) in [4.78, 5) is 34.6. The molecule has 2 aliphatic heterocycles. The minimum Gasteiger partial charge on any atom is -0.495 e. The van der Waals surface area contributed by atoms with Crippen LogP contribution < -0.4 is 19.1 Å². The lowest BCUT2D eigenvalue weighted by atomic mass is 9.81. The molecule has 9 heteroatoms. The number of thiophene rings is 1. The van der Waals surface area contributed by atoms with Crippen molar-refractivity contribution in [3.8, 4) is 17.2 Å². The Balaban J connectivity index is 1.50. The second-order valence-electron chi connectivity index (χ2n) is 9.13. The maximum Gasteiger partial charge on any atom is 0.254 e. The Bertz CT molecular complexity index is 1290. The number of rotatable bonds is 6. The van der Waals surface area contributed by atoms with Crippen LogP contribution in [0.4, 0.5) is 5.69 Å². The van der Waals surface area contributed by atoms with E-state index < -0.39 is 12.0 Å². The number of fused-ring (bicyclic) bond motifs is 1. The van der Waals surface area contributed by atoms with E-state index in [1.54, 1.807) is 56.7 Å². The molecule has 0 N–H and O–H groups in total. The Labute approximate surface area is 220 Å². The summed E-state index contributed by atoms with van der Waals surface area (Å²) < 4.78 is 16.6. The first-order valence-electron chi connectivity index (χ1n) is 12.2. The lowest BCUT2D eigenvalue weighted by Crippen LogP contribution is -2.53. The quantitative estimate of drug-likeness (QED) is 0.488. The van der Waals surface area contributed by atoms with Crippen molar-refractivity contribution in [3.05, 3.63) is 69.9 Å². The molecule has 0 radical (unpaired) electrons. The van der Waals surface area contributed by atoms with Crippen molar-refractivity contribution in [2.45, 2.75) is 12.0 Å². The molecule has 1 aromatic heterocycles. The van der Waals surface area contributed by atoms with Crippen molar-refractivity contribution in [2.24, 2.45) is 0 Å². The van der Waals surface area contributed by atoms with Gasteiger partial charge in [-0.05, 0) is 41.3 Å². The Morgan fingerprint density at radius 1 is 0.892 bits per heavy atom. The molecule has 0 spiro atoms. The van der Waals surface area contributed by atoms with Gasteiger partial charge in [0.15, 0.2) is 11.5 Å². The van der Waals surface area contributed by atoms with Crippen molar-refractivity contribution < 1.29 is 23.8 Å². The van der Waals surface area contributed by atoms with Gasteiger partial charge in [0.1, 0.15) is 5.75 Å². The van der Waals surface area contributed by atoms with E-state index in [-0.39, 0.29) is 11.8 Å². The third-order valence-corrected chi connectivity index (χ3v) is 8.24. The smallest absolute Gasteiger partial charge is 0.254 e. The summed E-state index contributed by atoms with van der Waals surface area (Å²) in [5, 5.41) is 1.98. The molecular formula is C28H31N3O5S. The molecular weight excluding hydrogens is 490 g/mol. The van der Waals surface area contributed by atoms with E-state index in [1.807, 2.05) is 46.7 Å². The minimum absolute atomic E-state index is 0.00546. The van der Waals surface area contributed by atoms with Gasteiger partial charge in [-0.2, -0.15) is 0 Å². The van der Waals surface area contributed by atoms with Crippen LogP contribution in [0.15, 0.2) is 53.9 Å². The molecule has 1 fully saturated rings. The van der Waals surface area contributed by atoms with Gasteiger partial charge in [0.25, 0.3) is 5.91 Å². The van der Waals surface area contributed by atoms with Gasteiger partial charge < -0.3 is 28.9 Å². The van der Waals surface area contributed by atoms with Gasteiger partial charge >= 0.3 is 0 Å². The van der Waals surface area contributed by atoms with E-state index >= 15 is 0 Å². The molecule has 2 aromatic carbocycles. The number of hydrogen-bond donors (Lipinski definition) is 0. The van der Waals surface area contributed by atoms with Gasteiger partial charge in [-0.1, -0.05) is 18.2 Å². The number of piperazine rings is 1. The van der Waals surface area contributed by atoms with Gasteiger partial charge in [0, 0.05) is 43.7 Å². The molecule has 3 aromatic rings. The topological polar surface area (TPSA) is 71.6 Å². The van der Waals surface area contributed by atoms with E-state index in [0.717, 1.165) is 16.3 Å². The number of para-hydroxylation sites is 2. The lowest BCUT2D eigenvalue weighted by molar-refractivity contribution is -0.134. The van der Waals surface area contributed by atoms with E-state index in [0.29, 0.717) is 48.8 Å². The summed E-state index contributed by atoms with van der Waals surface area (Å²) in [6, 6.07) is 15.0. The number of methoxy groups -OCH3 is 3. The van der Waals surface area contributed by atoms with Crippen molar-refractivity contribution >= 4 is 28.8 Å². The van der Waals surface area contributed by atoms with Crippen molar-refractivity contribution in [2.75, 3.05) is 59.5 Å². The Kier molecular flexibility index (Phi) is 6.97. The number of amides is 2. The van der Waals surface area contributed by atoms with Gasteiger partial charge in [-0.3, -0.25) is 9.59 Å².